The molecule has 0 aliphatic rings. The van der Waals surface area contributed by atoms with Crippen molar-refractivity contribution in [1.29, 1.82) is 0 Å². The summed E-state index contributed by atoms with van der Waals surface area (Å²) in [5.74, 6) is 0. The molecule has 0 nitrogen and oxygen atoms in total. The van der Waals surface area contributed by atoms with Crippen LogP contribution in [0.5, 0.6) is 0 Å². The molecule has 0 aliphatic carbocycles. The van der Waals surface area contributed by atoms with Crippen LogP contribution >= 0.6 is 0 Å². The third-order valence-electron chi connectivity index (χ3n) is 0. The van der Waals surface area contributed by atoms with Crippen LogP contribution in [-0.4, -0.2) is 0 Å². The van der Waals surface area contributed by atoms with E-state index in [2.05, 4.69) is 0 Å². The topological polar surface area (TPSA) is 0 Å². The van der Waals surface area contributed by atoms with Crippen LogP contribution in [0.2, 0.25) is 0 Å². The summed E-state index contributed by atoms with van der Waals surface area (Å²) in [6.45, 7) is 0. The van der Waals surface area contributed by atoms with Gasteiger partial charge in [-0.3, -0.25) is 0 Å². The van der Waals surface area contributed by atoms with Gasteiger partial charge in [0.2, 0.25) is 0 Å². The van der Waals surface area contributed by atoms with Crippen molar-refractivity contribution in [1.82, 2.24) is 0 Å². The van der Waals surface area contributed by atoms with Crippen molar-refractivity contribution in [2.45, 2.75) is 0 Å². The van der Waals surface area contributed by atoms with E-state index in [9.17, 15) is 0 Å². The fourth-order valence-electron chi connectivity index (χ4n) is 0. The SMILES string of the molecule is [Cl-].[Co+2].[F-].[Mn]. The summed E-state index contributed by atoms with van der Waals surface area (Å²) in [5, 5.41) is 0. The van der Waals surface area contributed by atoms with E-state index in [-0.39, 0.29) is 51.0 Å². The number of rotatable bonds is 0. The molecular formula is ClCoFMn. The third kappa shape index (κ3) is 10.5. The Morgan fingerprint density at radius 2 is 1.00 bits per heavy atom. The second-order valence-corrected chi connectivity index (χ2v) is 0. The molecule has 0 spiro atoms. The molecule has 0 heterocycles. The first-order valence-electron chi connectivity index (χ1n) is 0. The molecule has 0 fully saturated rings. The van der Waals surface area contributed by atoms with Gasteiger partial charge in [-0.1, -0.05) is 0 Å². The van der Waals surface area contributed by atoms with Crippen molar-refractivity contribution < 1.29 is 51.0 Å². The molecule has 30 valence electrons. The Morgan fingerprint density at radius 3 is 1.00 bits per heavy atom. The van der Waals surface area contributed by atoms with E-state index in [1.807, 2.05) is 0 Å². The van der Waals surface area contributed by atoms with E-state index in [0.29, 0.717) is 0 Å². The van der Waals surface area contributed by atoms with Crippen molar-refractivity contribution >= 4 is 0 Å². The van der Waals surface area contributed by atoms with Crippen LogP contribution in [0, 0.1) is 0 Å². The van der Waals surface area contributed by atoms with Crippen molar-refractivity contribution in [2.75, 3.05) is 0 Å². The maximum absolute atomic E-state index is 0. The van der Waals surface area contributed by atoms with E-state index in [0.717, 1.165) is 0 Å². The van der Waals surface area contributed by atoms with Crippen LogP contribution in [0.25, 0.3) is 0 Å². The average Bonchev–Trinajstić information content (AvgIpc) is 0. The third-order valence-corrected chi connectivity index (χ3v) is 0. The molecule has 0 unspecified atom stereocenters. The summed E-state index contributed by atoms with van der Waals surface area (Å²) in [5.41, 5.74) is 0. The largest absolute Gasteiger partial charge is 2.00 e. The van der Waals surface area contributed by atoms with Crippen molar-refractivity contribution in [2.24, 2.45) is 0 Å². The first-order chi connectivity index (χ1) is 0. The molecule has 0 rings (SSSR count). The van der Waals surface area contributed by atoms with Crippen molar-refractivity contribution in [3.05, 3.63) is 0 Å². The first kappa shape index (κ1) is 60.9. The zero-order valence-corrected chi connectivity index (χ0v) is 4.44. The normalized spacial score (nSPS) is 0. The van der Waals surface area contributed by atoms with Crippen LogP contribution in [0.4, 0.5) is 0 Å². The molecule has 0 aliphatic heterocycles. The minimum Gasteiger partial charge on any atom is -1.00 e. The fraction of sp³-hybridized carbons (Fsp3) is 0. The molecule has 0 aromatic rings. The van der Waals surface area contributed by atoms with Crippen LogP contribution in [0.3, 0.4) is 0 Å². The smallest absolute Gasteiger partial charge is 1.00 e. The Kier molecular flexibility index (Phi) is 439. The Labute approximate surface area is 51.2 Å². The van der Waals surface area contributed by atoms with Crippen LogP contribution < -0.4 is 17.1 Å². The van der Waals surface area contributed by atoms with Crippen LogP contribution in [0.15, 0.2) is 0 Å². The van der Waals surface area contributed by atoms with E-state index in [1.165, 1.54) is 0 Å². The Bertz CT molecular complexity index is 8.00. The first-order valence-corrected chi connectivity index (χ1v) is 0. The minimum absolute atomic E-state index is 0. The molecule has 0 bridgehead atoms. The summed E-state index contributed by atoms with van der Waals surface area (Å²) in [7, 11) is 0. The summed E-state index contributed by atoms with van der Waals surface area (Å²) in [4.78, 5) is 0. The van der Waals surface area contributed by atoms with Crippen LogP contribution in [0.1, 0.15) is 0 Å². The van der Waals surface area contributed by atoms with E-state index < -0.39 is 0 Å². The van der Waals surface area contributed by atoms with Gasteiger partial charge in [0, 0.05) is 17.1 Å². The van der Waals surface area contributed by atoms with E-state index >= 15 is 0 Å². The molecule has 0 N–H and O–H groups in total. The predicted octanol–water partition coefficient (Wildman–Crippen LogP) is -6.00. The Hall–Kier alpha value is 1.25. The quantitative estimate of drug-likeness (QED) is 0.316. The number of hydrogen-bond acceptors (Lipinski definition) is 0. The second kappa shape index (κ2) is 28.8. The van der Waals surface area contributed by atoms with Gasteiger partial charge in [-0.15, -0.1) is 0 Å². The average molecular weight is 168 g/mol. The van der Waals surface area contributed by atoms with Gasteiger partial charge in [0.15, 0.2) is 0 Å². The summed E-state index contributed by atoms with van der Waals surface area (Å²) >= 11 is 0. The van der Waals surface area contributed by atoms with Gasteiger partial charge in [0.25, 0.3) is 0 Å². The molecule has 4 heteroatoms. The van der Waals surface area contributed by atoms with Gasteiger partial charge in [0.1, 0.15) is 0 Å². The molecule has 4 heavy (non-hydrogen) atoms. The van der Waals surface area contributed by atoms with Crippen molar-refractivity contribution in [3.8, 4) is 0 Å². The zero-order chi connectivity index (χ0) is 0. The molecule has 0 atom stereocenters. The van der Waals surface area contributed by atoms with Gasteiger partial charge in [0.05, 0.1) is 0 Å². The Morgan fingerprint density at radius 1 is 1.00 bits per heavy atom. The predicted molar refractivity (Wildman–Crippen MR) is 0 cm³/mol. The maximum Gasteiger partial charge on any atom is 2.00 e. The van der Waals surface area contributed by atoms with Crippen LogP contribution in [-0.2, 0) is 33.8 Å². The molecule has 0 saturated carbocycles. The van der Waals surface area contributed by atoms with Gasteiger partial charge in [-0.25, -0.2) is 0 Å². The fourth-order valence-corrected chi connectivity index (χ4v) is 0. The molecular weight excluding hydrogens is 168 g/mol. The maximum atomic E-state index is 0. The summed E-state index contributed by atoms with van der Waals surface area (Å²) in [6, 6.07) is 0. The molecule has 0 saturated heterocycles. The summed E-state index contributed by atoms with van der Waals surface area (Å²) < 4.78 is 0. The zero-order valence-electron chi connectivity index (χ0n) is 1.47. The standard InChI is InChI=1S/ClH.Co.FH.Mn/h1H;;1H;/q;+2;;/p-2. The molecule has 0 aromatic carbocycles. The molecule has 0 amide bonds. The number of hydrogen-bond donors (Lipinski definition) is 0. The monoisotopic (exact) mass is 168 g/mol. The van der Waals surface area contributed by atoms with Gasteiger partial charge in [-0.05, 0) is 0 Å². The minimum atomic E-state index is 0. The van der Waals surface area contributed by atoms with Gasteiger partial charge in [-0.2, -0.15) is 0 Å². The van der Waals surface area contributed by atoms with Crippen molar-refractivity contribution in [3.63, 3.8) is 0 Å². The Balaban J connectivity index is 0. The van der Waals surface area contributed by atoms with E-state index in [1.54, 1.807) is 0 Å². The summed E-state index contributed by atoms with van der Waals surface area (Å²) in [6.07, 6.45) is 0. The molecule has 0 aromatic heterocycles. The molecule has 2 radical (unpaired) electrons. The number of halogens is 2. The van der Waals surface area contributed by atoms with E-state index in [4.69, 9.17) is 0 Å². The second-order valence-electron chi connectivity index (χ2n) is 0. The van der Waals surface area contributed by atoms with Gasteiger partial charge >= 0.3 is 16.8 Å². The van der Waals surface area contributed by atoms with Gasteiger partial charge < -0.3 is 17.1 Å².